The van der Waals surface area contributed by atoms with Crippen molar-refractivity contribution in [3.63, 3.8) is 0 Å². The van der Waals surface area contributed by atoms with Crippen molar-refractivity contribution in [1.82, 2.24) is 0 Å². The third-order valence-electron chi connectivity index (χ3n) is 4.39. The highest BCUT2D eigenvalue weighted by molar-refractivity contribution is 5.97. The maximum atomic E-state index is 12.0. The van der Waals surface area contributed by atoms with Gasteiger partial charge in [0.05, 0.1) is 6.61 Å². The molecule has 0 fully saturated rings. The van der Waals surface area contributed by atoms with E-state index in [9.17, 15) is 9.59 Å². The highest BCUT2D eigenvalue weighted by Crippen LogP contribution is 2.39. The van der Waals surface area contributed by atoms with Gasteiger partial charge in [0.1, 0.15) is 0 Å². The van der Waals surface area contributed by atoms with Crippen molar-refractivity contribution >= 4 is 11.8 Å². The predicted octanol–water partition coefficient (Wildman–Crippen LogP) is 5.26. The summed E-state index contributed by atoms with van der Waals surface area (Å²) < 4.78 is 4.88. The Labute approximate surface area is 151 Å². The highest BCUT2D eigenvalue weighted by atomic mass is 16.5. The van der Waals surface area contributed by atoms with Crippen LogP contribution in [0.15, 0.2) is 58.7 Å². The fourth-order valence-electron chi connectivity index (χ4n) is 2.80. The zero-order valence-electron chi connectivity index (χ0n) is 16.3. The van der Waals surface area contributed by atoms with Gasteiger partial charge in [-0.1, -0.05) is 49.8 Å². The van der Waals surface area contributed by atoms with E-state index in [1.54, 1.807) is 6.92 Å². The molecule has 136 valence electrons. The molecule has 1 aliphatic carbocycles. The van der Waals surface area contributed by atoms with Gasteiger partial charge < -0.3 is 4.74 Å². The molecule has 0 saturated carbocycles. The van der Waals surface area contributed by atoms with E-state index in [2.05, 4.69) is 19.9 Å². The molecule has 3 heteroatoms. The number of ketones is 1. The lowest BCUT2D eigenvalue weighted by atomic mass is 9.72. The fraction of sp³-hybridized carbons (Fsp3) is 0.455. The molecule has 0 atom stereocenters. The molecule has 0 amide bonds. The van der Waals surface area contributed by atoms with Crippen LogP contribution in [0.3, 0.4) is 0 Å². The Morgan fingerprint density at radius 2 is 1.88 bits per heavy atom. The van der Waals surface area contributed by atoms with Crippen molar-refractivity contribution in [3.8, 4) is 0 Å². The van der Waals surface area contributed by atoms with E-state index in [1.807, 2.05) is 45.1 Å². The van der Waals surface area contributed by atoms with Gasteiger partial charge in [-0.25, -0.2) is 4.79 Å². The van der Waals surface area contributed by atoms with Crippen molar-refractivity contribution in [2.24, 2.45) is 5.41 Å². The van der Waals surface area contributed by atoms with E-state index < -0.39 is 0 Å². The lowest BCUT2D eigenvalue weighted by molar-refractivity contribution is -0.137. The van der Waals surface area contributed by atoms with Crippen molar-refractivity contribution in [1.29, 1.82) is 0 Å². The van der Waals surface area contributed by atoms with E-state index in [4.69, 9.17) is 4.74 Å². The Morgan fingerprint density at radius 1 is 1.20 bits per heavy atom. The Balaban J connectivity index is 2.82. The summed E-state index contributed by atoms with van der Waals surface area (Å²) in [6, 6.07) is 0. The molecule has 1 rings (SSSR count). The van der Waals surface area contributed by atoms with Crippen LogP contribution in [0.4, 0.5) is 0 Å². The number of carbonyl (C=O) groups is 2. The summed E-state index contributed by atoms with van der Waals surface area (Å²) in [5.74, 6) is -0.0721. The van der Waals surface area contributed by atoms with Crippen LogP contribution in [-0.2, 0) is 14.3 Å². The number of allylic oxidation sites excluding steroid dienone is 9. The maximum Gasteiger partial charge on any atom is 0.330 e. The lowest BCUT2D eigenvalue weighted by Gasteiger charge is -2.32. The van der Waals surface area contributed by atoms with E-state index in [-0.39, 0.29) is 17.2 Å². The molecular weight excluding hydrogens is 312 g/mol. The number of ether oxygens (including phenoxy) is 1. The van der Waals surface area contributed by atoms with Gasteiger partial charge in [0.2, 0.25) is 0 Å². The summed E-state index contributed by atoms with van der Waals surface area (Å²) in [6.07, 6.45) is 12.9. The largest absolute Gasteiger partial charge is 0.463 e. The smallest absolute Gasteiger partial charge is 0.330 e. The van der Waals surface area contributed by atoms with Gasteiger partial charge in [0.15, 0.2) is 5.78 Å². The summed E-state index contributed by atoms with van der Waals surface area (Å²) in [6.45, 7) is 12.3. The minimum atomic E-state index is -0.322. The summed E-state index contributed by atoms with van der Waals surface area (Å²) in [4.78, 5) is 23.3. The van der Waals surface area contributed by atoms with Crippen molar-refractivity contribution in [2.45, 2.75) is 54.4 Å². The third-order valence-corrected chi connectivity index (χ3v) is 4.39. The zero-order valence-corrected chi connectivity index (χ0v) is 16.3. The van der Waals surface area contributed by atoms with E-state index in [0.717, 1.165) is 28.7 Å². The van der Waals surface area contributed by atoms with Gasteiger partial charge in [0, 0.05) is 12.5 Å². The molecule has 0 radical (unpaired) electrons. The summed E-state index contributed by atoms with van der Waals surface area (Å²) in [5, 5.41) is 0. The van der Waals surface area contributed by atoms with Gasteiger partial charge in [-0.15, -0.1) is 0 Å². The number of Topliss-reactive ketones (excluding diaryl/α,β-unsaturated/α-hetero) is 1. The minimum absolute atomic E-state index is 0.0313. The van der Waals surface area contributed by atoms with E-state index in [1.165, 1.54) is 6.08 Å². The van der Waals surface area contributed by atoms with E-state index in [0.29, 0.717) is 13.0 Å². The number of carbonyl (C=O) groups excluding carboxylic acids is 2. The quantitative estimate of drug-likeness (QED) is 0.376. The Kier molecular flexibility index (Phi) is 7.82. The highest BCUT2D eigenvalue weighted by Gasteiger charge is 2.30. The van der Waals surface area contributed by atoms with Crippen LogP contribution in [-0.4, -0.2) is 18.4 Å². The average molecular weight is 342 g/mol. The van der Waals surface area contributed by atoms with Gasteiger partial charge >= 0.3 is 5.97 Å². The second-order valence-electron chi connectivity index (χ2n) is 7.09. The first kappa shape index (κ1) is 20.9. The molecule has 25 heavy (non-hydrogen) atoms. The molecule has 0 spiro atoms. The Morgan fingerprint density at radius 3 is 2.52 bits per heavy atom. The van der Waals surface area contributed by atoms with Crippen LogP contribution >= 0.6 is 0 Å². The first-order valence-corrected chi connectivity index (χ1v) is 8.80. The Hall–Kier alpha value is -2.16. The average Bonchev–Trinajstić information content (AvgIpc) is 2.51. The van der Waals surface area contributed by atoms with Crippen LogP contribution in [0.2, 0.25) is 0 Å². The zero-order chi connectivity index (χ0) is 19.0. The molecule has 0 aromatic carbocycles. The molecule has 0 N–H and O–H groups in total. The molecule has 3 nitrogen and oxygen atoms in total. The van der Waals surface area contributed by atoms with Gasteiger partial charge in [-0.3, -0.25) is 4.79 Å². The molecule has 0 heterocycles. The number of rotatable bonds is 6. The van der Waals surface area contributed by atoms with Gasteiger partial charge in [-0.05, 0) is 56.3 Å². The summed E-state index contributed by atoms with van der Waals surface area (Å²) in [5.41, 5.74) is 3.95. The standard InChI is InChI=1S/C22H30O3/c1-7-25-21(24)15-17(3)10-8-9-16(2)11-12-19-18(4)20(23)13-14-22(19,5)6/h8-12,15H,7,13-14H2,1-6H3/b10-8+,12-11+,16-9+,17-15+. The van der Waals surface area contributed by atoms with Gasteiger partial charge in [-0.2, -0.15) is 0 Å². The Bertz CT molecular complexity index is 667. The van der Waals surface area contributed by atoms with Gasteiger partial charge in [0.25, 0.3) is 0 Å². The van der Waals surface area contributed by atoms with E-state index >= 15 is 0 Å². The summed E-state index contributed by atoms with van der Waals surface area (Å²) >= 11 is 0. The second kappa shape index (κ2) is 9.36. The summed E-state index contributed by atoms with van der Waals surface area (Å²) in [7, 11) is 0. The number of hydrogen-bond donors (Lipinski definition) is 0. The second-order valence-corrected chi connectivity index (χ2v) is 7.09. The SMILES string of the molecule is CCOC(=O)/C=C(C)/C=C/C=C(C)/C=C/C1=C(C)C(=O)CCC1(C)C. The minimum Gasteiger partial charge on any atom is -0.463 e. The van der Waals surface area contributed by atoms with Crippen LogP contribution in [0.25, 0.3) is 0 Å². The predicted molar refractivity (Wildman–Crippen MR) is 103 cm³/mol. The molecule has 0 saturated heterocycles. The molecule has 0 bridgehead atoms. The monoisotopic (exact) mass is 342 g/mol. The van der Waals surface area contributed by atoms with Crippen molar-refractivity contribution in [3.05, 3.63) is 58.7 Å². The number of hydrogen-bond acceptors (Lipinski definition) is 3. The lowest BCUT2D eigenvalue weighted by Crippen LogP contribution is -2.24. The molecule has 0 unspecified atom stereocenters. The fourth-order valence-corrected chi connectivity index (χ4v) is 2.80. The van der Waals surface area contributed by atoms with Crippen molar-refractivity contribution in [2.75, 3.05) is 6.61 Å². The number of esters is 1. The first-order valence-electron chi connectivity index (χ1n) is 8.80. The topological polar surface area (TPSA) is 43.4 Å². The van der Waals surface area contributed by atoms with Crippen LogP contribution in [0, 0.1) is 5.41 Å². The van der Waals surface area contributed by atoms with Crippen LogP contribution in [0.1, 0.15) is 54.4 Å². The third kappa shape index (κ3) is 6.69. The van der Waals surface area contributed by atoms with Crippen LogP contribution in [0.5, 0.6) is 0 Å². The normalized spacial score (nSPS) is 19.2. The molecule has 0 aromatic rings. The molecule has 0 aromatic heterocycles. The van der Waals surface area contributed by atoms with Crippen molar-refractivity contribution < 1.29 is 14.3 Å². The maximum absolute atomic E-state index is 12.0. The molecule has 0 aliphatic heterocycles. The first-order chi connectivity index (χ1) is 11.7. The van der Waals surface area contributed by atoms with Crippen LogP contribution < -0.4 is 0 Å². The molecule has 1 aliphatic rings. The molecular formula is C22H30O3.